The van der Waals surface area contributed by atoms with Gasteiger partial charge in [-0.3, -0.25) is 4.79 Å². The Hall–Kier alpha value is -0.380. The van der Waals surface area contributed by atoms with Crippen molar-refractivity contribution in [1.29, 1.82) is 0 Å². The minimum absolute atomic E-state index is 0.289. The van der Waals surface area contributed by atoms with Crippen LogP contribution in [0.1, 0.15) is 52.9 Å². The highest BCUT2D eigenvalue weighted by Gasteiger charge is 2.53. The molecule has 0 aromatic heterocycles. The minimum Gasteiger partial charge on any atom is -0.271 e. The maximum absolute atomic E-state index is 14.3. The Labute approximate surface area is 118 Å². The number of thioether (sulfide) groups is 1. The van der Waals surface area contributed by atoms with Gasteiger partial charge >= 0.3 is 0 Å². The van der Waals surface area contributed by atoms with E-state index in [9.17, 15) is 9.18 Å². The summed E-state index contributed by atoms with van der Waals surface area (Å²) in [6.07, 6.45) is 6.27. The largest absolute Gasteiger partial charge is 0.271 e. The van der Waals surface area contributed by atoms with Crippen LogP contribution in [-0.2, 0) is 4.79 Å². The number of amides is 1. The summed E-state index contributed by atoms with van der Waals surface area (Å²) in [6.45, 7) is 4.65. The van der Waals surface area contributed by atoms with E-state index in [1.54, 1.807) is 6.92 Å². The molecule has 1 aliphatic heterocycles. The van der Waals surface area contributed by atoms with E-state index < -0.39 is 10.4 Å². The quantitative estimate of drug-likeness (QED) is 0.783. The van der Waals surface area contributed by atoms with Gasteiger partial charge in [0.1, 0.15) is 10.4 Å². The third kappa shape index (κ3) is 2.16. The summed E-state index contributed by atoms with van der Waals surface area (Å²) >= 11 is 1.37. The van der Waals surface area contributed by atoms with Gasteiger partial charge < -0.3 is 0 Å². The van der Waals surface area contributed by atoms with E-state index in [0.717, 1.165) is 23.3 Å². The van der Waals surface area contributed by atoms with Gasteiger partial charge in [-0.25, -0.2) is 9.38 Å². The Morgan fingerprint density at radius 1 is 1.42 bits per heavy atom. The highest BCUT2D eigenvalue weighted by atomic mass is 32.2. The third-order valence-corrected chi connectivity index (χ3v) is 6.97. The predicted molar refractivity (Wildman–Crippen MR) is 77.2 cm³/mol. The molecule has 106 valence electrons. The molecule has 19 heavy (non-hydrogen) atoms. The summed E-state index contributed by atoms with van der Waals surface area (Å²) in [6, 6.07) is 0. The maximum Gasteiger partial charge on any atom is 0.266 e. The normalized spacial score (nSPS) is 42.0. The van der Waals surface area contributed by atoms with Crippen molar-refractivity contribution in [2.45, 2.75) is 63.3 Å². The van der Waals surface area contributed by atoms with Crippen molar-refractivity contribution in [1.82, 2.24) is 0 Å². The molecule has 3 rings (SSSR count). The van der Waals surface area contributed by atoms with Crippen molar-refractivity contribution < 1.29 is 9.18 Å². The van der Waals surface area contributed by atoms with Gasteiger partial charge in [0.25, 0.3) is 5.91 Å². The SMILES string of the molecule is CC(C)(F)C1(C)SC(C[C@H]2C[C@@H]3CC[C@H]2C3)=NC1=O. The van der Waals surface area contributed by atoms with E-state index in [1.807, 2.05) is 0 Å². The summed E-state index contributed by atoms with van der Waals surface area (Å²) in [5.74, 6) is 2.13. The van der Waals surface area contributed by atoms with Crippen LogP contribution >= 0.6 is 11.8 Å². The van der Waals surface area contributed by atoms with E-state index in [1.165, 1.54) is 51.3 Å². The van der Waals surface area contributed by atoms with Crippen LogP contribution in [-0.4, -0.2) is 21.4 Å². The number of rotatable bonds is 3. The van der Waals surface area contributed by atoms with Gasteiger partial charge in [0.05, 0.1) is 5.04 Å². The van der Waals surface area contributed by atoms with Crippen LogP contribution in [0, 0.1) is 17.8 Å². The summed E-state index contributed by atoms with van der Waals surface area (Å²) in [5, 5.41) is 0.871. The lowest BCUT2D eigenvalue weighted by molar-refractivity contribution is -0.122. The molecule has 0 aromatic rings. The third-order valence-electron chi connectivity index (χ3n) is 5.41. The zero-order chi connectivity index (χ0) is 13.8. The molecule has 2 fully saturated rings. The second kappa shape index (κ2) is 4.31. The fourth-order valence-corrected chi connectivity index (χ4v) is 5.11. The second-order valence-corrected chi connectivity index (χ2v) is 8.55. The van der Waals surface area contributed by atoms with Crippen LogP contribution in [0.2, 0.25) is 0 Å². The van der Waals surface area contributed by atoms with Gasteiger partial charge in [0, 0.05) is 0 Å². The first-order valence-electron chi connectivity index (χ1n) is 7.29. The summed E-state index contributed by atoms with van der Waals surface area (Å²) in [7, 11) is 0. The first-order valence-corrected chi connectivity index (χ1v) is 8.11. The number of nitrogens with zero attached hydrogens (tertiary/aromatic N) is 1. The average molecular weight is 283 g/mol. The van der Waals surface area contributed by atoms with Gasteiger partial charge in [-0.2, -0.15) is 0 Å². The number of fused-ring (bicyclic) bond motifs is 2. The molecular formula is C15H22FNOS. The van der Waals surface area contributed by atoms with Gasteiger partial charge in [0.2, 0.25) is 0 Å². The molecule has 1 unspecified atom stereocenters. The molecule has 0 radical (unpaired) electrons. The number of alkyl halides is 1. The van der Waals surface area contributed by atoms with Gasteiger partial charge in [-0.05, 0) is 64.2 Å². The van der Waals surface area contributed by atoms with E-state index in [2.05, 4.69) is 4.99 Å². The molecule has 2 saturated carbocycles. The fourth-order valence-electron chi connectivity index (χ4n) is 3.84. The number of carbonyl (C=O) groups excluding carboxylic acids is 1. The van der Waals surface area contributed by atoms with Crippen molar-refractivity contribution in [2.75, 3.05) is 0 Å². The molecule has 1 heterocycles. The molecule has 4 heteroatoms. The van der Waals surface area contributed by atoms with Crippen molar-refractivity contribution >= 4 is 22.7 Å². The molecule has 4 atom stereocenters. The molecule has 3 aliphatic rings. The number of hydrogen-bond donors (Lipinski definition) is 0. The Balaban J connectivity index is 1.68. The van der Waals surface area contributed by atoms with Crippen LogP contribution in [0.15, 0.2) is 4.99 Å². The summed E-state index contributed by atoms with van der Waals surface area (Å²) in [5.41, 5.74) is -1.53. The van der Waals surface area contributed by atoms with Crippen LogP contribution in [0.25, 0.3) is 0 Å². The predicted octanol–water partition coefficient (Wildman–Crippen LogP) is 3.99. The lowest BCUT2D eigenvalue weighted by Crippen LogP contribution is -2.45. The first-order chi connectivity index (χ1) is 8.79. The molecule has 2 aliphatic carbocycles. The highest BCUT2D eigenvalue weighted by molar-refractivity contribution is 8.16. The lowest BCUT2D eigenvalue weighted by Gasteiger charge is -2.31. The van der Waals surface area contributed by atoms with Crippen LogP contribution in [0.3, 0.4) is 0 Å². The van der Waals surface area contributed by atoms with Crippen LogP contribution in [0.4, 0.5) is 4.39 Å². The van der Waals surface area contributed by atoms with E-state index in [0.29, 0.717) is 5.92 Å². The number of halogens is 1. The monoisotopic (exact) mass is 283 g/mol. The van der Waals surface area contributed by atoms with Crippen LogP contribution in [0.5, 0.6) is 0 Å². The Kier molecular flexibility index (Phi) is 3.08. The maximum atomic E-state index is 14.3. The molecule has 0 saturated heterocycles. The molecular weight excluding hydrogens is 261 g/mol. The zero-order valence-corrected chi connectivity index (χ0v) is 12.7. The minimum atomic E-state index is -1.53. The standard InChI is InChI=1S/C15H22FNOS/c1-14(2,16)15(3)13(18)17-12(19-15)8-11-7-9-4-5-10(11)6-9/h9-11H,4-8H2,1-3H3/t9-,10+,11-,15?/m1/s1. The highest BCUT2D eigenvalue weighted by Crippen LogP contribution is 2.52. The van der Waals surface area contributed by atoms with Crippen molar-refractivity contribution in [3.8, 4) is 0 Å². The first kappa shape index (κ1) is 13.6. The Bertz CT molecular complexity index is 442. The smallest absolute Gasteiger partial charge is 0.266 e. The van der Waals surface area contributed by atoms with E-state index in [4.69, 9.17) is 0 Å². The van der Waals surface area contributed by atoms with Crippen molar-refractivity contribution in [3.63, 3.8) is 0 Å². The van der Waals surface area contributed by atoms with Crippen molar-refractivity contribution in [2.24, 2.45) is 22.7 Å². The molecule has 1 amide bonds. The Morgan fingerprint density at radius 3 is 2.63 bits per heavy atom. The van der Waals surface area contributed by atoms with Crippen LogP contribution < -0.4 is 0 Å². The van der Waals surface area contributed by atoms with Crippen molar-refractivity contribution in [3.05, 3.63) is 0 Å². The summed E-state index contributed by atoms with van der Waals surface area (Å²) < 4.78 is 13.2. The number of hydrogen-bond acceptors (Lipinski definition) is 2. The Morgan fingerprint density at radius 2 is 2.16 bits per heavy atom. The molecule has 0 spiro atoms. The molecule has 0 N–H and O–H groups in total. The number of aliphatic imine (C=N–C) groups is 1. The van der Waals surface area contributed by atoms with E-state index >= 15 is 0 Å². The topological polar surface area (TPSA) is 29.4 Å². The average Bonchev–Trinajstić information content (AvgIpc) is 2.94. The zero-order valence-electron chi connectivity index (χ0n) is 11.9. The lowest BCUT2D eigenvalue weighted by atomic mass is 9.87. The molecule has 0 aromatic carbocycles. The molecule has 2 bridgehead atoms. The summed E-state index contributed by atoms with van der Waals surface area (Å²) in [4.78, 5) is 16.2. The van der Waals surface area contributed by atoms with Gasteiger partial charge in [-0.15, -0.1) is 0 Å². The van der Waals surface area contributed by atoms with E-state index in [-0.39, 0.29) is 5.91 Å². The number of carbonyl (C=O) groups is 1. The molecule has 2 nitrogen and oxygen atoms in total. The second-order valence-electron chi connectivity index (χ2n) is 7.06. The fraction of sp³-hybridized carbons (Fsp3) is 0.867. The van der Waals surface area contributed by atoms with Gasteiger partial charge in [-0.1, -0.05) is 18.2 Å². The van der Waals surface area contributed by atoms with Gasteiger partial charge in [0.15, 0.2) is 0 Å².